The SMILES string of the molecule is CCC(C#N)(CCCOc1cccc(C)c1C)NC. The molecule has 3 heteroatoms. The third-order valence-corrected chi connectivity index (χ3v) is 3.86. The fourth-order valence-corrected chi connectivity index (χ4v) is 2.11. The van der Waals surface area contributed by atoms with Crippen molar-refractivity contribution in [2.24, 2.45) is 0 Å². The predicted octanol–water partition coefficient (Wildman–Crippen LogP) is 3.35. The van der Waals surface area contributed by atoms with Crippen LogP contribution in [0.1, 0.15) is 37.3 Å². The van der Waals surface area contributed by atoms with Crippen LogP contribution in [0.4, 0.5) is 0 Å². The number of nitrogens with one attached hydrogen (secondary N) is 1. The molecule has 1 unspecified atom stereocenters. The normalized spacial score (nSPS) is 13.6. The molecule has 0 bridgehead atoms. The van der Waals surface area contributed by atoms with Crippen molar-refractivity contribution in [2.75, 3.05) is 13.7 Å². The highest BCUT2D eigenvalue weighted by atomic mass is 16.5. The highest BCUT2D eigenvalue weighted by molar-refractivity contribution is 5.38. The molecule has 0 aliphatic rings. The summed E-state index contributed by atoms with van der Waals surface area (Å²) in [5.74, 6) is 0.948. The van der Waals surface area contributed by atoms with Crippen molar-refractivity contribution in [2.45, 2.75) is 45.6 Å². The van der Waals surface area contributed by atoms with E-state index in [1.165, 1.54) is 11.1 Å². The highest BCUT2D eigenvalue weighted by Crippen LogP contribution is 2.21. The first-order valence-corrected chi connectivity index (χ1v) is 6.87. The van der Waals surface area contributed by atoms with Crippen molar-refractivity contribution in [3.05, 3.63) is 29.3 Å². The molecule has 1 aromatic carbocycles. The third-order valence-electron chi connectivity index (χ3n) is 3.86. The molecule has 3 nitrogen and oxygen atoms in total. The van der Waals surface area contributed by atoms with E-state index in [0.29, 0.717) is 6.61 Å². The first kappa shape index (κ1) is 15.5. The smallest absolute Gasteiger partial charge is 0.122 e. The molecule has 0 heterocycles. The second kappa shape index (κ2) is 7.16. The van der Waals surface area contributed by atoms with Crippen molar-refractivity contribution < 1.29 is 4.74 Å². The Kier molecular flexibility index (Phi) is 5.85. The van der Waals surface area contributed by atoms with Gasteiger partial charge in [-0.1, -0.05) is 19.1 Å². The Morgan fingerprint density at radius 2 is 2.11 bits per heavy atom. The lowest BCUT2D eigenvalue weighted by Crippen LogP contribution is -2.41. The van der Waals surface area contributed by atoms with Gasteiger partial charge in [-0.05, 0) is 57.4 Å². The molecular weight excluding hydrogens is 236 g/mol. The summed E-state index contributed by atoms with van der Waals surface area (Å²) in [5.41, 5.74) is 2.02. The number of hydrogen-bond acceptors (Lipinski definition) is 3. The maximum Gasteiger partial charge on any atom is 0.122 e. The fourth-order valence-electron chi connectivity index (χ4n) is 2.11. The van der Waals surface area contributed by atoms with Gasteiger partial charge in [-0.25, -0.2) is 0 Å². The lowest BCUT2D eigenvalue weighted by Gasteiger charge is -2.24. The van der Waals surface area contributed by atoms with Crippen molar-refractivity contribution in [3.8, 4) is 11.8 Å². The largest absolute Gasteiger partial charge is 0.493 e. The maximum absolute atomic E-state index is 9.22. The van der Waals surface area contributed by atoms with Crippen molar-refractivity contribution in [1.82, 2.24) is 5.32 Å². The average molecular weight is 260 g/mol. The van der Waals surface area contributed by atoms with Gasteiger partial charge in [0.05, 0.1) is 12.7 Å². The van der Waals surface area contributed by atoms with Gasteiger partial charge < -0.3 is 10.1 Å². The minimum Gasteiger partial charge on any atom is -0.493 e. The quantitative estimate of drug-likeness (QED) is 0.765. The van der Waals surface area contributed by atoms with E-state index in [0.717, 1.165) is 25.0 Å². The van der Waals surface area contributed by atoms with E-state index >= 15 is 0 Å². The van der Waals surface area contributed by atoms with Gasteiger partial charge >= 0.3 is 0 Å². The van der Waals surface area contributed by atoms with Crippen molar-refractivity contribution >= 4 is 0 Å². The van der Waals surface area contributed by atoms with Crippen LogP contribution in [0, 0.1) is 25.2 Å². The zero-order valence-electron chi connectivity index (χ0n) is 12.4. The summed E-state index contributed by atoms with van der Waals surface area (Å²) in [4.78, 5) is 0. The van der Waals surface area contributed by atoms with Gasteiger partial charge in [0.1, 0.15) is 11.3 Å². The van der Waals surface area contributed by atoms with Crippen LogP contribution in [0.3, 0.4) is 0 Å². The Labute approximate surface area is 116 Å². The summed E-state index contributed by atoms with van der Waals surface area (Å²) in [6.07, 6.45) is 2.49. The minimum absolute atomic E-state index is 0.412. The molecule has 0 aliphatic carbocycles. The lowest BCUT2D eigenvalue weighted by atomic mass is 9.92. The van der Waals surface area contributed by atoms with Crippen LogP contribution in [0.15, 0.2) is 18.2 Å². The second-order valence-corrected chi connectivity index (χ2v) is 4.95. The van der Waals surface area contributed by atoms with Gasteiger partial charge in [0.2, 0.25) is 0 Å². The Bertz CT molecular complexity index is 445. The minimum atomic E-state index is -0.412. The standard InChI is InChI=1S/C16H24N2O/c1-5-16(12-17,18-4)10-7-11-19-15-9-6-8-13(2)14(15)3/h6,8-9,18H,5,7,10-11H2,1-4H3. The number of benzene rings is 1. The monoisotopic (exact) mass is 260 g/mol. The van der Waals surface area contributed by atoms with Crippen LogP contribution in [-0.4, -0.2) is 19.2 Å². The first-order chi connectivity index (χ1) is 9.08. The van der Waals surface area contributed by atoms with Gasteiger partial charge in [-0.2, -0.15) is 5.26 Å². The number of ether oxygens (including phenoxy) is 1. The van der Waals surface area contributed by atoms with E-state index in [1.807, 2.05) is 26.1 Å². The zero-order chi connectivity index (χ0) is 14.3. The molecule has 0 saturated carbocycles. The van der Waals surface area contributed by atoms with E-state index in [9.17, 15) is 5.26 Å². The van der Waals surface area contributed by atoms with E-state index < -0.39 is 5.54 Å². The molecule has 0 spiro atoms. The van der Waals surface area contributed by atoms with E-state index in [-0.39, 0.29) is 0 Å². The number of aryl methyl sites for hydroxylation is 1. The average Bonchev–Trinajstić information content (AvgIpc) is 2.44. The molecule has 0 radical (unpaired) electrons. The molecule has 1 rings (SSSR count). The Morgan fingerprint density at radius 3 is 2.68 bits per heavy atom. The van der Waals surface area contributed by atoms with Crippen LogP contribution in [0.25, 0.3) is 0 Å². The molecule has 0 fully saturated rings. The van der Waals surface area contributed by atoms with Crippen LogP contribution in [-0.2, 0) is 0 Å². The van der Waals surface area contributed by atoms with Crippen LogP contribution >= 0.6 is 0 Å². The van der Waals surface area contributed by atoms with Crippen LogP contribution in [0.5, 0.6) is 5.75 Å². The van der Waals surface area contributed by atoms with Crippen molar-refractivity contribution in [3.63, 3.8) is 0 Å². The second-order valence-electron chi connectivity index (χ2n) is 4.95. The molecule has 0 aliphatic heterocycles. The van der Waals surface area contributed by atoms with Gasteiger partial charge in [0.25, 0.3) is 0 Å². The highest BCUT2D eigenvalue weighted by Gasteiger charge is 2.24. The van der Waals surface area contributed by atoms with E-state index in [4.69, 9.17) is 4.74 Å². The first-order valence-electron chi connectivity index (χ1n) is 6.87. The summed E-state index contributed by atoms with van der Waals surface area (Å²) in [6.45, 7) is 6.84. The third kappa shape index (κ3) is 3.97. The molecule has 1 atom stereocenters. The van der Waals surface area contributed by atoms with E-state index in [2.05, 4.69) is 31.3 Å². The Balaban J connectivity index is 2.47. The van der Waals surface area contributed by atoms with Crippen LogP contribution < -0.4 is 10.1 Å². The molecule has 1 aromatic rings. The summed E-state index contributed by atoms with van der Waals surface area (Å²) in [7, 11) is 1.85. The molecule has 104 valence electrons. The van der Waals surface area contributed by atoms with Gasteiger partial charge in [-0.3, -0.25) is 0 Å². The topological polar surface area (TPSA) is 45.0 Å². The van der Waals surface area contributed by atoms with Gasteiger partial charge in [0, 0.05) is 0 Å². The van der Waals surface area contributed by atoms with Gasteiger partial charge in [-0.15, -0.1) is 0 Å². The summed E-state index contributed by atoms with van der Waals surface area (Å²) < 4.78 is 5.81. The Hall–Kier alpha value is -1.53. The Morgan fingerprint density at radius 1 is 1.37 bits per heavy atom. The molecule has 0 saturated heterocycles. The summed E-state index contributed by atoms with van der Waals surface area (Å²) in [6, 6.07) is 8.46. The summed E-state index contributed by atoms with van der Waals surface area (Å²) in [5, 5.41) is 12.3. The maximum atomic E-state index is 9.22. The lowest BCUT2D eigenvalue weighted by molar-refractivity contribution is 0.280. The summed E-state index contributed by atoms with van der Waals surface area (Å²) >= 11 is 0. The fraction of sp³-hybridized carbons (Fsp3) is 0.562. The molecule has 1 N–H and O–H groups in total. The number of nitriles is 1. The van der Waals surface area contributed by atoms with Crippen LogP contribution in [0.2, 0.25) is 0 Å². The number of nitrogens with zero attached hydrogens (tertiary/aromatic N) is 1. The van der Waals surface area contributed by atoms with Gasteiger partial charge in [0.15, 0.2) is 0 Å². The molecule has 19 heavy (non-hydrogen) atoms. The number of hydrogen-bond donors (Lipinski definition) is 1. The number of rotatable bonds is 7. The zero-order valence-corrected chi connectivity index (χ0v) is 12.4. The molecule has 0 amide bonds. The molecule has 0 aromatic heterocycles. The van der Waals surface area contributed by atoms with Crippen molar-refractivity contribution in [1.29, 1.82) is 5.26 Å². The predicted molar refractivity (Wildman–Crippen MR) is 78.3 cm³/mol. The molecular formula is C16H24N2O. The van der Waals surface area contributed by atoms with E-state index in [1.54, 1.807) is 0 Å².